The monoisotopic (exact) mass is 348 g/mol. The Morgan fingerprint density at radius 1 is 1.44 bits per heavy atom. The lowest BCUT2D eigenvalue weighted by atomic mass is 10.1. The average Bonchev–Trinajstić information content (AvgIpc) is 3.15. The van der Waals surface area contributed by atoms with Crippen LogP contribution in [0.2, 0.25) is 0 Å². The number of anilines is 1. The van der Waals surface area contributed by atoms with Crippen LogP contribution < -0.4 is 4.90 Å². The fourth-order valence-electron chi connectivity index (χ4n) is 3.11. The fraction of sp³-hybridized carbons (Fsp3) is 0.471. The number of phenolic OH excluding ortho intramolecular Hbond substituents is 1. The number of benzene rings is 1. The molecule has 1 fully saturated rings. The largest absolute Gasteiger partial charge is 0.507 e. The Bertz CT molecular complexity index is 779. The van der Waals surface area contributed by atoms with Crippen LogP contribution in [0.1, 0.15) is 28.2 Å². The highest BCUT2D eigenvalue weighted by molar-refractivity contribution is 5.97. The van der Waals surface area contributed by atoms with Crippen molar-refractivity contribution in [3.63, 3.8) is 0 Å². The van der Waals surface area contributed by atoms with Crippen molar-refractivity contribution >= 4 is 11.9 Å². The third-order valence-corrected chi connectivity index (χ3v) is 4.42. The van der Waals surface area contributed by atoms with Gasteiger partial charge in [-0.3, -0.25) is 4.79 Å². The first-order valence-corrected chi connectivity index (χ1v) is 8.11. The summed E-state index contributed by atoms with van der Waals surface area (Å²) in [6.07, 6.45) is -0.744. The lowest BCUT2D eigenvalue weighted by molar-refractivity contribution is 0.0782. The van der Waals surface area contributed by atoms with Crippen LogP contribution in [0.25, 0.3) is 0 Å². The van der Waals surface area contributed by atoms with Crippen LogP contribution in [0.4, 0.5) is 10.4 Å². The summed E-state index contributed by atoms with van der Waals surface area (Å²) in [5.41, 5.74) is 0.865. The molecule has 7 nitrogen and oxygen atoms in total. The third-order valence-electron chi connectivity index (χ3n) is 4.42. The molecule has 0 unspecified atom stereocenters. The van der Waals surface area contributed by atoms with E-state index < -0.39 is 6.17 Å². The van der Waals surface area contributed by atoms with E-state index in [0.29, 0.717) is 11.5 Å². The molecule has 1 aromatic carbocycles. The van der Waals surface area contributed by atoms with E-state index in [2.05, 4.69) is 10.2 Å². The molecule has 2 heterocycles. The number of aromatic hydroxyl groups is 1. The van der Waals surface area contributed by atoms with Crippen molar-refractivity contribution in [1.29, 1.82) is 0 Å². The second-order valence-electron chi connectivity index (χ2n) is 6.40. The SMILES string of the molecule is Cc1nnc(N2C[C@@H](F)C[C@H]2CN(C)C(=O)c2cccc(C)c2O)o1. The Morgan fingerprint density at radius 2 is 2.20 bits per heavy atom. The number of rotatable bonds is 4. The second-order valence-corrected chi connectivity index (χ2v) is 6.40. The number of carbonyl (C=O) groups is 1. The Labute approximate surface area is 145 Å². The molecule has 3 rings (SSSR count). The molecule has 2 aromatic rings. The highest BCUT2D eigenvalue weighted by Gasteiger charge is 2.36. The molecule has 0 saturated carbocycles. The molecule has 25 heavy (non-hydrogen) atoms. The van der Waals surface area contributed by atoms with E-state index in [1.807, 2.05) is 0 Å². The zero-order valence-electron chi connectivity index (χ0n) is 14.4. The second kappa shape index (κ2) is 6.70. The molecule has 0 spiro atoms. The number of hydrogen-bond acceptors (Lipinski definition) is 6. The van der Waals surface area contributed by atoms with Crippen LogP contribution in [-0.2, 0) is 0 Å². The number of phenols is 1. The summed E-state index contributed by atoms with van der Waals surface area (Å²) in [6, 6.07) is 5.03. The molecule has 0 radical (unpaired) electrons. The van der Waals surface area contributed by atoms with Gasteiger partial charge >= 0.3 is 6.01 Å². The van der Waals surface area contributed by atoms with Crippen molar-refractivity contribution in [3.05, 3.63) is 35.2 Å². The molecule has 0 aliphatic carbocycles. The molecule has 1 saturated heterocycles. The van der Waals surface area contributed by atoms with Crippen molar-refractivity contribution in [2.45, 2.75) is 32.5 Å². The maximum atomic E-state index is 13.9. The van der Waals surface area contributed by atoms with Gasteiger partial charge in [0.25, 0.3) is 5.91 Å². The summed E-state index contributed by atoms with van der Waals surface area (Å²) in [4.78, 5) is 15.8. The molecular formula is C17H21FN4O3. The molecular weight excluding hydrogens is 327 g/mol. The standard InChI is InChI=1S/C17H21FN4O3/c1-10-5-4-6-14(15(10)23)16(24)21(3)9-13-7-12(18)8-22(13)17-20-19-11(2)25-17/h4-6,12-13,23H,7-9H2,1-3H3/t12-,13-/m0/s1. The number of hydrogen-bond donors (Lipinski definition) is 1. The van der Waals surface area contributed by atoms with Gasteiger partial charge in [-0.05, 0) is 18.6 Å². The number of likely N-dealkylation sites (N-methyl/N-ethyl adjacent to an activating group) is 1. The van der Waals surface area contributed by atoms with E-state index in [0.717, 1.165) is 0 Å². The number of alkyl halides is 1. The van der Waals surface area contributed by atoms with Crippen molar-refractivity contribution in [1.82, 2.24) is 15.1 Å². The Balaban J connectivity index is 1.75. The van der Waals surface area contributed by atoms with Crippen molar-refractivity contribution in [2.75, 3.05) is 25.0 Å². The van der Waals surface area contributed by atoms with Crippen molar-refractivity contribution in [3.8, 4) is 5.75 Å². The van der Waals surface area contributed by atoms with Crippen LogP contribution in [0.3, 0.4) is 0 Å². The predicted octanol–water partition coefficient (Wildman–Crippen LogP) is 2.08. The zero-order valence-corrected chi connectivity index (χ0v) is 14.4. The highest BCUT2D eigenvalue weighted by Crippen LogP contribution is 2.28. The van der Waals surface area contributed by atoms with Gasteiger partial charge in [0.15, 0.2) is 0 Å². The zero-order chi connectivity index (χ0) is 18.1. The smallest absolute Gasteiger partial charge is 0.318 e. The summed E-state index contributed by atoms with van der Waals surface area (Å²) in [5, 5.41) is 17.8. The molecule has 1 N–H and O–H groups in total. The van der Waals surface area contributed by atoms with Crippen LogP contribution in [0.5, 0.6) is 5.75 Å². The Morgan fingerprint density at radius 3 is 2.88 bits per heavy atom. The van der Waals surface area contributed by atoms with E-state index in [9.17, 15) is 14.3 Å². The van der Waals surface area contributed by atoms with Gasteiger partial charge in [-0.2, -0.15) is 0 Å². The van der Waals surface area contributed by atoms with Gasteiger partial charge in [-0.25, -0.2) is 4.39 Å². The minimum Gasteiger partial charge on any atom is -0.507 e. The van der Waals surface area contributed by atoms with Gasteiger partial charge in [0.05, 0.1) is 18.2 Å². The Hall–Kier alpha value is -2.64. The lowest BCUT2D eigenvalue weighted by Crippen LogP contribution is -2.41. The maximum absolute atomic E-state index is 13.9. The van der Waals surface area contributed by atoms with Gasteiger partial charge < -0.3 is 19.3 Å². The number of nitrogens with zero attached hydrogens (tertiary/aromatic N) is 4. The number of carbonyl (C=O) groups excluding carboxylic acids is 1. The molecule has 2 atom stereocenters. The first-order chi connectivity index (χ1) is 11.9. The van der Waals surface area contributed by atoms with E-state index >= 15 is 0 Å². The molecule has 134 valence electrons. The average molecular weight is 348 g/mol. The number of amides is 1. The summed E-state index contributed by atoms with van der Waals surface area (Å²) >= 11 is 0. The van der Waals surface area contributed by atoms with Gasteiger partial charge in [-0.1, -0.05) is 17.2 Å². The Kier molecular flexibility index (Phi) is 4.61. The van der Waals surface area contributed by atoms with Crippen LogP contribution in [0.15, 0.2) is 22.6 Å². The normalized spacial score (nSPS) is 20.1. The van der Waals surface area contributed by atoms with E-state index in [-0.39, 0.29) is 48.8 Å². The van der Waals surface area contributed by atoms with Crippen molar-refractivity contribution in [2.24, 2.45) is 0 Å². The number of aromatic nitrogens is 2. The van der Waals surface area contributed by atoms with Gasteiger partial charge in [0, 0.05) is 26.9 Å². The van der Waals surface area contributed by atoms with Crippen molar-refractivity contribution < 1.29 is 18.7 Å². The van der Waals surface area contributed by atoms with E-state index in [1.165, 1.54) is 4.90 Å². The quantitative estimate of drug-likeness (QED) is 0.911. The van der Waals surface area contributed by atoms with Gasteiger partial charge in [-0.15, -0.1) is 5.10 Å². The summed E-state index contributed by atoms with van der Waals surface area (Å²) in [6.45, 7) is 3.85. The lowest BCUT2D eigenvalue weighted by Gasteiger charge is -2.27. The van der Waals surface area contributed by atoms with Crippen LogP contribution in [-0.4, -0.2) is 58.5 Å². The fourth-order valence-corrected chi connectivity index (χ4v) is 3.11. The minimum atomic E-state index is -1.02. The van der Waals surface area contributed by atoms with E-state index in [4.69, 9.17) is 4.42 Å². The molecule has 8 heteroatoms. The molecule has 0 bridgehead atoms. The number of aryl methyl sites for hydroxylation is 2. The topological polar surface area (TPSA) is 82.7 Å². The van der Waals surface area contributed by atoms with Gasteiger partial charge in [0.1, 0.15) is 11.9 Å². The van der Waals surface area contributed by atoms with Gasteiger partial charge in [0.2, 0.25) is 5.89 Å². The summed E-state index contributed by atoms with van der Waals surface area (Å²) < 4.78 is 19.3. The third kappa shape index (κ3) is 3.42. The minimum absolute atomic E-state index is 0.0291. The van der Waals surface area contributed by atoms with Crippen LogP contribution in [0, 0.1) is 13.8 Å². The van der Waals surface area contributed by atoms with Crippen LogP contribution >= 0.6 is 0 Å². The maximum Gasteiger partial charge on any atom is 0.318 e. The molecule has 1 aliphatic heterocycles. The molecule has 1 amide bonds. The highest BCUT2D eigenvalue weighted by atomic mass is 19.1. The summed E-state index contributed by atoms with van der Waals surface area (Å²) in [7, 11) is 1.63. The first kappa shape index (κ1) is 17.2. The first-order valence-electron chi connectivity index (χ1n) is 8.11. The summed E-state index contributed by atoms with van der Waals surface area (Å²) in [5.74, 6) is 0.0638. The molecule has 1 aromatic heterocycles. The number of halogens is 1. The molecule has 1 aliphatic rings. The number of para-hydroxylation sites is 1. The van der Waals surface area contributed by atoms with E-state index in [1.54, 1.807) is 44.0 Å². The predicted molar refractivity (Wildman–Crippen MR) is 89.5 cm³/mol.